The van der Waals surface area contributed by atoms with Gasteiger partial charge in [-0.15, -0.1) is 0 Å². The Bertz CT molecular complexity index is 364. The lowest BCUT2D eigenvalue weighted by Gasteiger charge is -2.03. The molecule has 0 saturated heterocycles. The second-order valence-electron chi connectivity index (χ2n) is 3.27. The Hall–Kier alpha value is -2.08. The van der Waals surface area contributed by atoms with Crippen LogP contribution in [0.25, 0.3) is 0 Å². The van der Waals surface area contributed by atoms with E-state index in [4.69, 9.17) is 4.74 Å². The molecule has 0 aliphatic carbocycles. The number of hydroxylamine groups is 1. The van der Waals surface area contributed by atoms with E-state index in [0.717, 1.165) is 5.56 Å². The number of rotatable bonds is 5. The first kappa shape index (κ1) is 16.9. The summed E-state index contributed by atoms with van der Waals surface area (Å²) in [5.74, 6) is 0.504. The van der Waals surface area contributed by atoms with Crippen LogP contribution in [0.5, 0.6) is 5.75 Å². The van der Waals surface area contributed by atoms with Crippen LogP contribution in [-0.4, -0.2) is 25.8 Å². The Morgan fingerprint density at radius 2 is 1.84 bits per heavy atom. The van der Waals surface area contributed by atoms with Gasteiger partial charge in [-0.05, 0) is 32.9 Å². The SMILES string of the molecule is CCOC(=O)Oc1ccc(C)cc1.CCONC=O. The molecule has 0 radical (unpaired) electrons. The summed E-state index contributed by atoms with van der Waals surface area (Å²) in [4.78, 5) is 24.5. The molecule has 106 valence electrons. The predicted octanol–water partition coefficient (Wildman–Crippen LogP) is 2.21. The average Bonchev–Trinajstić information content (AvgIpc) is 2.40. The van der Waals surface area contributed by atoms with Gasteiger partial charge in [0.15, 0.2) is 0 Å². The van der Waals surface area contributed by atoms with Crippen molar-refractivity contribution in [3.8, 4) is 5.75 Å². The largest absolute Gasteiger partial charge is 0.513 e. The van der Waals surface area contributed by atoms with Crippen molar-refractivity contribution in [2.24, 2.45) is 0 Å². The third kappa shape index (κ3) is 9.61. The minimum atomic E-state index is -0.661. The van der Waals surface area contributed by atoms with Gasteiger partial charge in [0.2, 0.25) is 6.41 Å². The fourth-order valence-corrected chi connectivity index (χ4v) is 0.967. The van der Waals surface area contributed by atoms with Gasteiger partial charge in [-0.3, -0.25) is 9.63 Å². The summed E-state index contributed by atoms with van der Waals surface area (Å²) in [6.45, 7) is 6.32. The van der Waals surface area contributed by atoms with Crippen LogP contribution < -0.4 is 10.2 Å². The molecule has 6 nitrogen and oxygen atoms in total. The summed E-state index contributed by atoms with van der Waals surface area (Å²) >= 11 is 0. The van der Waals surface area contributed by atoms with Crippen LogP contribution in [0.1, 0.15) is 19.4 Å². The maximum Gasteiger partial charge on any atom is 0.513 e. The Morgan fingerprint density at radius 3 is 2.26 bits per heavy atom. The molecule has 0 unspecified atom stereocenters. The first-order chi connectivity index (χ1) is 9.13. The monoisotopic (exact) mass is 269 g/mol. The molecule has 0 bridgehead atoms. The van der Waals surface area contributed by atoms with Crippen molar-refractivity contribution in [1.82, 2.24) is 5.48 Å². The summed E-state index contributed by atoms with van der Waals surface area (Å²) in [6.07, 6.45) is -0.171. The van der Waals surface area contributed by atoms with Crippen LogP contribution in [0.15, 0.2) is 24.3 Å². The quantitative estimate of drug-likeness (QED) is 0.292. The fourth-order valence-electron chi connectivity index (χ4n) is 0.967. The first-order valence-corrected chi connectivity index (χ1v) is 5.86. The third-order valence-corrected chi connectivity index (χ3v) is 1.76. The lowest BCUT2D eigenvalue weighted by molar-refractivity contribution is -0.120. The highest BCUT2D eigenvalue weighted by Crippen LogP contribution is 2.11. The van der Waals surface area contributed by atoms with Crippen LogP contribution >= 0.6 is 0 Å². The maximum absolute atomic E-state index is 10.9. The van der Waals surface area contributed by atoms with Gasteiger partial charge in [0.05, 0.1) is 13.2 Å². The fraction of sp³-hybridized carbons (Fsp3) is 0.385. The van der Waals surface area contributed by atoms with Gasteiger partial charge in [0, 0.05) is 0 Å². The van der Waals surface area contributed by atoms with Crippen LogP contribution in [0, 0.1) is 6.92 Å². The van der Waals surface area contributed by atoms with Crippen molar-refractivity contribution in [3.63, 3.8) is 0 Å². The second-order valence-corrected chi connectivity index (χ2v) is 3.27. The summed E-state index contributed by atoms with van der Waals surface area (Å²) < 4.78 is 9.46. The molecule has 0 aromatic heterocycles. The third-order valence-electron chi connectivity index (χ3n) is 1.76. The van der Waals surface area contributed by atoms with Crippen LogP contribution in [0.4, 0.5) is 4.79 Å². The number of benzene rings is 1. The van der Waals surface area contributed by atoms with E-state index in [9.17, 15) is 9.59 Å². The molecule has 1 aromatic rings. The van der Waals surface area contributed by atoms with Gasteiger partial charge in [0.1, 0.15) is 5.75 Å². The zero-order valence-corrected chi connectivity index (χ0v) is 11.3. The lowest BCUT2D eigenvalue weighted by Crippen LogP contribution is -2.10. The number of ether oxygens (including phenoxy) is 2. The van der Waals surface area contributed by atoms with Crippen molar-refractivity contribution in [3.05, 3.63) is 29.8 Å². The van der Waals surface area contributed by atoms with Crippen LogP contribution in [0.3, 0.4) is 0 Å². The van der Waals surface area contributed by atoms with E-state index < -0.39 is 6.16 Å². The summed E-state index contributed by atoms with van der Waals surface area (Å²) in [5, 5.41) is 0. The molecule has 0 saturated carbocycles. The van der Waals surface area contributed by atoms with Crippen LogP contribution in [0.2, 0.25) is 0 Å². The molecule has 0 aliphatic heterocycles. The van der Waals surface area contributed by atoms with Crippen LogP contribution in [-0.2, 0) is 14.4 Å². The van der Waals surface area contributed by atoms with Crippen molar-refractivity contribution >= 4 is 12.6 Å². The standard InChI is InChI=1S/C10H12O3.C3H7NO2/c1-3-12-10(11)13-9-6-4-8(2)5-7-9;1-2-6-4-3-5/h4-7H,3H2,1-2H3;3H,2H2,1H3,(H,4,5). The summed E-state index contributed by atoms with van der Waals surface area (Å²) in [7, 11) is 0. The molecule has 1 amide bonds. The molecule has 0 atom stereocenters. The molecule has 0 heterocycles. The van der Waals surface area contributed by atoms with Gasteiger partial charge in [-0.25, -0.2) is 10.3 Å². The highest BCUT2D eigenvalue weighted by molar-refractivity contribution is 5.63. The maximum atomic E-state index is 10.9. The zero-order chi connectivity index (χ0) is 14.5. The molecule has 6 heteroatoms. The zero-order valence-electron chi connectivity index (χ0n) is 11.3. The van der Waals surface area contributed by atoms with E-state index in [-0.39, 0.29) is 0 Å². The number of nitrogens with one attached hydrogen (secondary N) is 1. The van der Waals surface area contributed by atoms with Crippen molar-refractivity contribution in [2.45, 2.75) is 20.8 Å². The van der Waals surface area contributed by atoms with Gasteiger partial charge >= 0.3 is 6.16 Å². The number of carbonyl (C=O) groups is 2. The molecule has 1 N–H and O–H groups in total. The molecule has 1 rings (SSSR count). The summed E-state index contributed by atoms with van der Waals surface area (Å²) in [5.41, 5.74) is 3.14. The van der Waals surface area contributed by atoms with Gasteiger partial charge < -0.3 is 9.47 Å². The molecule has 0 aliphatic rings. The summed E-state index contributed by atoms with van der Waals surface area (Å²) in [6, 6.07) is 7.20. The van der Waals surface area contributed by atoms with Crippen molar-refractivity contribution in [2.75, 3.05) is 13.2 Å². The van der Waals surface area contributed by atoms with E-state index in [1.807, 2.05) is 24.5 Å². The topological polar surface area (TPSA) is 73.9 Å². The van der Waals surface area contributed by atoms with E-state index in [1.54, 1.807) is 26.0 Å². The Morgan fingerprint density at radius 1 is 1.21 bits per heavy atom. The minimum absolute atomic E-state index is 0.324. The second kappa shape index (κ2) is 11.0. The Labute approximate surface area is 112 Å². The van der Waals surface area contributed by atoms with Gasteiger partial charge in [-0.1, -0.05) is 17.7 Å². The van der Waals surface area contributed by atoms with E-state index >= 15 is 0 Å². The predicted molar refractivity (Wildman–Crippen MR) is 69.7 cm³/mol. The van der Waals surface area contributed by atoms with Gasteiger partial charge in [-0.2, -0.15) is 0 Å². The van der Waals surface area contributed by atoms with E-state index in [2.05, 4.69) is 9.57 Å². The number of aryl methyl sites for hydroxylation is 1. The molecule has 1 aromatic carbocycles. The lowest BCUT2D eigenvalue weighted by atomic mass is 10.2. The van der Waals surface area contributed by atoms with Crippen molar-refractivity contribution < 1.29 is 23.9 Å². The number of amides is 1. The molecular formula is C13H19NO5. The molecule has 0 fully saturated rings. The van der Waals surface area contributed by atoms with E-state index in [0.29, 0.717) is 25.4 Å². The number of hydrogen-bond acceptors (Lipinski definition) is 5. The normalized spacial score (nSPS) is 8.79. The van der Waals surface area contributed by atoms with Crippen molar-refractivity contribution in [1.29, 1.82) is 0 Å². The molecule has 0 spiro atoms. The Balaban J connectivity index is 0.000000459. The average molecular weight is 269 g/mol. The number of hydrogen-bond donors (Lipinski definition) is 1. The Kier molecular flexibility index (Phi) is 9.83. The number of carbonyl (C=O) groups excluding carboxylic acids is 2. The van der Waals surface area contributed by atoms with Gasteiger partial charge in [0.25, 0.3) is 0 Å². The molecule has 19 heavy (non-hydrogen) atoms. The minimum Gasteiger partial charge on any atom is -0.434 e. The first-order valence-electron chi connectivity index (χ1n) is 5.86. The highest BCUT2D eigenvalue weighted by Gasteiger charge is 2.03. The highest BCUT2D eigenvalue weighted by atomic mass is 16.7. The van der Waals surface area contributed by atoms with E-state index in [1.165, 1.54) is 0 Å². The molecular weight excluding hydrogens is 250 g/mol. The smallest absolute Gasteiger partial charge is 0.434 e.